The lowest BCUT2D eigenvalue weighted by atomic mass is 10.1. The van der Waals surface area contributed by atoms with Gasteiger partial charge in [-0.25, -0.2) is 0 Å². The minimum atomic E-state index is -0.610. The quantitative estimate of drug-likeness (QED) is 0.456. The molecule has 7 heteroatoms. The Labute approximate surface area is 156 Å². The number of carbonyl (C=O) groups excluding carboxylic acids is 2. The summed E-state index contributed by atoms with van der Waals surface area (Å²) in [5, 5.41) is 15.2. The van der Waals surface area contributed by atoms with Gasteiger partial charge in [0.2, 0.25) is 0 Å². The van der Waals surface area contributed by atoms with Crippen LogP contribution < -0.4 is 15.4 Å². The van der Waals surface area contributed by atoms with Crippen LogP contribution in [-0.4, -0.2) is 18.8 Å². The zero-order valence-corrected chi connectivity index (χ0v) is 14.9. The summed E-state index contributed by atoms with van der Waals surface area (Å²) in [5.41, 5.74) is 1.25. The number of carbonyl (C=O) groups is 2. The van der Waals surface area contributed by atoms with Gasteiger partial charge in [-0.05, 0) is 37.3 Å². The number of ketones is 1. The lowest BCUT2D eigenvalue weighted by molar-refractivity contribution is -0.112. The highest BCUT2D eigenvalue weighted by Crippen LogP contribution is 2.27. The van der Waals surface area contributed by atoms with E-state index in [1.54, 1.807) is 42.5 Å². The van der Waals surface area contributed by atoms with Crippen molar-refractivity contribution in [2.75, 3.05) is 17.7 Å². The Morgan fingerprint density at radius 3 is 2.65 bits per heavy atom. The SMILES string of the molecule is COc1ccc(Cl)cc1N/C=C(/C#N)C(=O)Nc1cccc(C(C)=O)c1. The molecule has 0 heterocycles. The third kappa shape index (κ3) is 4.85. The monoisotopic (exact) mass is 369 g/mol. The number of methoxy groups -OCH3 is 1. The van der Waals surface area contributed by atoms with Gasteiger partial charge in [0, 0.05) is 22.5 Å². The zero-order chi connectivity index (χ0) is 19.1. The Hall–Kier alpha value is -3.30. The largest absolute Gasteiger partial charge is 0.495 e. The number of rotatable bonds is 6. The first-order chi connectivity index (χ1) is 12.4. The standard InChI is InChI=1S/C19H16ClN3O3/c1-12(24)13-4-3-5-16(8-13)23-19(25)14(10-21)11-22-17-9-15(20)6-7-18(17)26-2/h3-9,11,22H,1-2H3,(H,23,25)/b14-11-. The van der Waals surface area contributed by atoms with Crippen LogP contribution in [0, 0.1) is 11.3 Å². The van der Waals surface area contributed by atoms with E-state index in [9.17, 15) is 14.9 Å². The highest BCUT2D eigenvalue weighted by atomic mass is 35.5. The van der Waals surface area contributed by atoms with Crippen molar-refractivity contribution in [3.63, 3.8) is 0 Å². The number of anilines is 2. The molecule has 0 bridgehead atoms. The van der Waals surface area contributed by atoms with Crippen LogP contribution in [0.1, 0.15) is 17.3 Å². The molecule has 26 heavy (non-hydrogen) atoms. The fraction of sp³-hybridized carbons (Fsp3) is 0.105. The van der Waals surface area contributed by atoms with Gasteiger partial charge in [-0.15, -0.1) is 0 Å². The molecule has 0 spiro atoms. The van der Waals surface area contributed by atoms with Crippen molar-refractivity contribution in [1.82, 2.24) is 0 Å². The van der Waals surface area contributed by atoms with Crippen LogP contribution in [0.5, 0.6) is 5.75 Å². The smallest absolute Gasteiger partial charge is 0.267 e. The summed E-state index contributed by atoms with van der Waals surface area (Å²) in [6, 6.07) is 13.2. The zero-order valence-electron chi connectivity index (χ0n) is 14.2. The molecule has 0 aliphatic rings. The first kappa shape index (κ1) is 19.0. The number of Topliss-reactive ketones (excluding diaryl/α,β-unsaturated/α-hetero) is 1. The fourth-order valence-electron chi connectivity index (χ4n) is 2.11. The Kier molecular flexibility index (Phi) is 6.36. The van der Waals surface area contributed by atoms with Gasteiger partial charge in [0.1, 0.15) is 17.4 Å². The van der Waals surface area contributed by atoms with Crippen LogP contribution in [0.25, 0.3) is 0 Å². The number of nitriles is 1. The maximum atomic E-state index is 12.3. The van der Waals surface area contributed by atoms with Crippen LogP contribution in [0.2, 0.25) is 5.02 Å². The van der Waals surface area contributed by atoms with Crippen LogP contribution in [0.15, 0.2) is 54.2 Å². The third-order valence-electron chi connectivity index (χ3n) is 3.43. The number of ether oxygens (including phenoxy) is 1. The van der Waals surface area contributed by atoms with Crippen LogP contribution in [-0.2, 0) is 4.79 Å². The molecular weight excluding hydrogens is 354 g/mol. The number of benzene rings is 2. The van der Waals surface area contributed by atoms with E-state index >= 15 is 0 Å². The van der Waals surface area contributed by atoms with Gasteiger partial charge in [0.15, 0.2) is 5.78 Å². The van der Waals surface area contributed by atoms with Gasteiger partial charge in [-0.3, -0.25) is 9.59 Å². The molecule has 0 aliphatic heterocycles. The van der Waals surface area contributed by atoms with Gasteiger partial charge >= 0.3 is 0 Å². The Morgan fingerprint density at radius 2 is 2.00 bits per heavy atom. The topological polar surface area (TPSA) is 91.2 Å². The molecule has 2 N–H and O–H groups in total. The van der Waals surface area contributed by atoms with Crippen molar-refractivity contribution < 1.29 is 14.3 Å². The Balaban J connectivity index is 2.17. The summed E-state index contributed by atoms with van der Waals surface area (Å²) in [6.07, 6.45) is 1.26. The highest BCUT2D eigenvalue weighted by molar-refractivity contribution is 6.31. The first-order valence-corrected chi connectivity index (χ1v) is 7.95. The molecule has 0 aromatic heterocycles. The number of nitrogens with one attached hydrogen (secondary N) is 2. The minimum Gasteiger partial charge on any atom is -0.495 e. The Morgan fingerprint density at radius 1 is 1.23 bits per heavy atom. The van der Waals surface area contributed by atoms with Gasteiger partial charge in [0.25, 0.3) is 5.91 Å². The van der Waals surface area contributed by atoms with E-state index in [1.165, 1.54) is 20.2 Å². The van der Waals surface area contributed by atoms with Crippen molar-refractivity contribution in [3.8, 4) is 11.8 Å². The van der Waals surface area contributed by atoms with Crippen LogP contribution in [0.4, 0.5) is 11.4 Å². The lowest BCUT2D eigenvalue weighted by Crippen LogP contribution is -2.15. The molecule has 2 rings (SSSR count). The number of nitrogens with zero attached hydrogens (tertiary/aromatic N) is 1. The molecular formula is C19H16ClN3O3. The second kappa shape index (κ2) is 8.70. The minimum absolute atomic E-state index is 0.119. The van der Waals surface area contributed by atoms with Gasteiger partial charge in [-0.1, -0.05) is 23.7 Å². The third-order valence-corrected chi connectivity index (χ3v) is 3.66. The molecule has 0 atom stereocenters. The molecule has 0 aliphatic carbocycles. The summed E-state index contributed by atoms with van der Waals surface area (Å²) < 4.78 is 5.19. The molecule has 0 fully saturated rings. The van der Waals surface area contributed by atoms with E-state index in [0.717, 1.165) is 0 Å². The predicted octanol–water partition coefficient (Wildman–Crippen LogP) is 4.01. The fourth-order valence-corrected chi connectivity index (χ4v) is 2.28. The second-order valence-corrected chi connectivity index (χ2v) is 5.69. The van der Waals surface area contributed by atoms with Crippen molar-refractivity contribution in [3.05, 3.63) is 64.8 Å². The summed E-state index contributed by atoms with van der Waals surface area (Å²) in [7, 11) is 1.50. The molecule has 0 saturated heterocycles. The Bertz CT molecular complexity index is 916. The van der Waals surface area contributed by atoms with Gasteiger partial charge < -0.3 is 15.4 Å². The van der Waals surface area contributed by atoms with E-state index in [2.05, 4.69) is 10.6 Å². The lowest BCUT2D eigenvalue weighted by Gasteiger charge is -2.09. The number of hydrogen-bond donors (Lipinski definition) is 2. The molecule has 0 unspecified atom stereocenters. The van der Waals surface area contributed by atoms with Gasteiger partial charge in [-0.2, -0.15) is 5.26 Å². The molecule has 2 aromatic carbocycles. The molecule has 1 amide bonds. The average molecular weight is 370 g/mol. The van der Waals surface area contributed by atoms with Crippen LogP contribution in [0.3, 0.4) is 0 Å². The maximum Gasteiger partial charge on any atom is 0.267 e. The number of halogens is 1. The summed E-state index contributed by atoms with van der Waals surface area (Å²) in [5.74, 6) is -0.217. The van der Waals surface area contributed by atoms with Crippen LogP contribution >= 0.6 is 11.6 Å². The maximum absolute atomic E-state index is 12.3. The highest BCUT2D eigenvalue weighted by Gasteiger charge is 2.11. The molecule has 2 aromatic rings. The van der Waals surface area contributed by atoms with Crippen molar-refractivity contribution in [2.45, 2.75) is 6.92 Å². The molecule has 0 saturated carbocycles. The predicted molar refractivity (Wildman–Crippen MR) is 100 cm³/mol. The van der Waals surface area contributed by atoms with E-state index in [1.807, 2.05) is 6.07 Å². The van der Waals surface area contributed by atoms with E-state index in [0.29, 0.717) is 27.7 Å². The number of amides is 1. The van der Waals surface area contributed by atoms with Crippen molar-refractivity contribution >= 4 is 34.7 Å². The van der Waals surface area contributed by atoms with Crippen molar-refractivity contribution in [1.29, 1.82) is 5.26 Å². The normalized spacial score (nSPS) is 10.6. The molecule has 0 radical (unpaired) electrons. The molecule has 132 valence electrons. The summed E-state index contributed by atoms with van der Waals surface area (Å²) >= 11 is 5.95. The first-order valence-electron chi connectivity index (χ1n) is 7.57. The second-order valence-electron chi connectivity index (χ2n) is 5.25. The molecule has 6 nitrogen and oxygen atoms in total. The van der Waals surface area contributed by atoms with E-state index < -0.39 is 5.91 Å². The van der Waals surface area contributed by atoms with Crippen molar-refractivity contribution in [2.24, 2.45) is 0 Å². The summed E-state index contributed by atoms with van der Waals surface area (Å²) in [4.78, 5) is 23.7. The van der Waals surface area contributed by atoms with E-state index in [4.69, 9.17) is 16.3 Å². The van der Waals surface area contributed by atoms with E-state index in [-0.39, 0.29) is 11.4 Å². The van der Waals surface area contributed by atoms with Gasteiger partial charge in [0.05, 0.1) is 12.8 Å². The summed E-state index contributed by atoms with van der Waals surface area (Å²) in [6.45, 7) is 1.43. The number of hydrogen-bond acceptors (Lipinski definition) is 5. The average Bonchev–Trinajstić information content (AvgIpc) is 2.62.